The molecule has 1 atom stereocenters. The molecule has 1 heterocycles. The lowest BCUT2D eigenvalue weighted by molar-refractivity contribution is 0.253. The van der Waals surface area contributed by atoms with Crippen molar-refractivity contribution in [2.75, 3.05) is 0 Å². The van der Waals surface area contributed by atoms with E-state index < -0.39 is 0 Å². The molecule has 0 spiro atoms. The van der Waals surface area contributed by atoms with Gasteiger partial charge < -0.3 is 0 Å². The Bertz CT molecular complexity index is 365. The summed E-state index contributed by atoms with van der Waals surface area (Å²) in [6.07, 6.45) is 9.71. The standard InChI is InChI=1S/C15H24IN/c1-13(2,3)11-14(4,5)12-7-9-15(6,16)17-10-8-12/h7-10H,11H2,1-6H3. The average Bonchev–Trinajstić information content (AvgIpc) is 2.21. The van der Waals surface area contributed by atoms with Gasteiger partial charge in [0.05, 0.1) is 0 Å². The Morgan fingerprint density at radius 2 is 1.82 bits per heavy atom. The van der Waals surface area contributed by atoms with Gasteiger partial charge in [0.25, 0.3) is 0 Å². The summed E-state index contributed by atoms with van der Waals surface area (Å²) in [5.41, 5.74) is 1.91. The van der Waals surface area contributed by atoms with Crippen molar-refractivity contribution in [3.63, 3.8) is 0 Å². The van der Waals surface area contributed by atoms with Crippen molar-refractivity contribution < 1.29 is 0 Å². The molecule has 0 bridgehead atoms. The molecule has 0 saturated heterocycles. The lowest BCUT2D eigenvalue weighted by atomic mass is 9.71. The van der Waals surface area contributed by atoms with E-state index in [1.165, 1.54) is 12.0 Å². The van der Waals surface area contributed by atoms with Crippen LogP contribution in [0, 0.1) is 10.8 Å². The lowest BCUT2D eigenvalue weighted by Crippen LogP contribution is -2.22. The first-order valence-corrected chi connectivity index (χ1v) is 7.24. The maximum Gasteiger partial charge on any atom is 0.127 e. The molecular weight excluding hydrogens is 321 g/mol. The molecule has 0 amide bonds. The largest absolute Gasteiger partial charge is 0.272 e. The Morgan fingerprint density at radius 1 is 1.24 bits per heavy atom. The van der Waals surface area contributed by atoms with Crippen LogP contribution in [-0.4, -0.2) is 9.76 Å². The van der Waals surface area contributed by atoms with Crippen molar-refractivity contribution in [3.8, 4) is 0 Å². The normalized spacial score (nSPS) is 25.7. The molecule has 1 aliphatic heterocycles. The molecule has 96 valence electrons. The summed E-state index contributed by atoms with van der Waals surface area (Å²) in [6, 6.07) is 0. The third kappa shape index (κ3) is 4.94. The molecule has 0 N–H and O–H groups in total. The summed E-state index contributed by atoms with van der Waals surface area (Å²) in [6.45, 7) is 13.6. The van der Waals surface area contributed by atoms with E-state index in [9.17, 15) is 0 Å². The van der Waals surface area contributed by atoms with Crippen LogP contribution < -0.4 is 0 Å². The fourth-order valence-electron chi connectivity index (χ4n) is 2.48. The second kappa shape index (κ2) is 4.87. The molecule has 0 aromatic heterocycles. The van der Waals surface area contributed by atoms with E-state index in [1.807, 2.05) is 6.21 Å². The van der Waals surface area contributed by atoms with E-state index in [4.69, 9.17) is 0 Å². The molecule has 0 aliphatic carbocycles. The topological polar surface area (TPSA) is 12.4 Å². The predicted molar refractivity (Wildman–Crippen MR) is 86.0 cm³/mol. The van der Waals surface area contributed by atoms with E-state index in [0.717, 1.165) is 0 Å². The van der Waals surface area contributed by atoms with Crippen LogP contribution >= 0.6 is 22.6 Å². The second-order valence-electron chi connectivity index (χ2n) is 6.88. The van der Waals surface area contributed by atoms with Crippen LogP contribution in [0.4, 0.5) is 0 Å². The van der Waals surface area contributed by atoms with E-state index >= 15 is 0 Å². The number of nitrogens with zero attached hydrogens (tertiary/aromatic N) is 1. The molecule has 0 fully saturated rings. The molecule has 17 heavy (non-hydrogen) atoms. The summed E-state index contributed by atoms with van der Waals surface area (Å²) >= 11 is 2.36. The van der Waals surface area contributed by atoms with Crippen molar-refractivity contribution in [2.45, 2.75) is 51.5 Å². The molecule has 1 rings (SSSR count). The van der Waals surface area contributed by atoms with Gasteiger partial charge >= 0.3 is 0 Å². The van der Waals surface area contributed by atoms with Gasteiger partial charge in [-0.2, -0.15) is 0 Å². The molecule has 0 aromatic rings. The minimum atomic E-state index is -0.103. The van der Waals surface area contributed by atoms with Gasteiger partial charge in [0.2, 0.25) is 0 Å². The Morgan fingerprint density at radius 3 is 2.35 bits per heavy atom. The second-order valence-corrected chi connectivity index (χ2v) is 9.06. The molecule has 1 unspecified atom stereocenters. The minimum absolute atomic E-state index is 0.103. The van der Waals surface area contributed by atoms with Crippen molar-refractivity contribution in [1.29, 1.82) is 0 Å². The van der Waals surface area contributed by atoms with Crippen molar-refractivity contribution >= 4 is 28.8 Å². The number of rotatable bonds is 2. The zero-order chi connectivity index (χ0) is 13.3. The molecule has 0 saturated carbocycles. The van der Waals surface area contributed by atoms with Gasteiger partial charge in [-0.05, 0) is 64.5 Å². The first-order valence-electron chi connectivity index (χ1n) is 6.16. The fraction of sp³-hybridized carbons (Fsp3) is 0.667. The number of hydrogen-bond acceptors (Lipinski definition) is 1. The molecular formula is C15H24IN. The summed E-state index contributed by atoms with van der Waals surface area (Å²) in [4.78, 5) is 4.51. The Kier molecular flexibility index (Phi) is 4.28. The van der Waals surface area contributed by atoms with Gasteiger partial charge in [0.1, 0.15) is 3.55 Å². The van der Waals surface area contributed by atoms with Gasteiger partial charge in [-0.15, -0.1) is 0 Å². The summed E-state index contributed by atoms with van der Waals surface area (Å²) < 4.78 is -0.103. The zero-order valence-corrected chi connectivity index (χ0v) is 14.0. The average molecular weight is 345 g/mol. The quantitative estimate of drug-likeness (QED) is 0.372. The monoisotopic (exact) mass is 345 g/mol. The first kappa shape index (κ1) is 14.9. The highest BCUT2D eigenvalue weighted by molar-refractivity contribution is 14.1. The van der Waals surface area contributed by atoms with Crippen LogP contribution in [0.2, 0.25) is 0 Å². The number of hydrogen-bond donors (Lipinski definition) is 0. The molecule has 0 aromatic carbocycles. The Labute approximate surface area is 120 Å². The predicted octanol–water partition coefficient (Wildman–Crippen LogP) is 5.17. The molecule has 2 heteroatoms. The smallest absolute Gasteiger partial charge is 0.127 e. The highest BCUT2D eigenvalue weighted by atomic mass is 127. The Balaban J connectivity index is 2.94. The van der Waals surface area contributed by atoms with E-state index in [0.29, 0.717) is 5.41 Å². The van der Waals surface area contributed by atoms with Gasteiger partial charge in [-0.3, -0.25) is 4.99 Å². The third-order valence-corrected chi connectivity index (χ3v) is 3.54. The summed E-state index contributed by atoms with van der Waals surface area (Å²) in [5, 5.41) is 0. The van der Waals surface area contributed by atoms with Gasteiger partial charge in [-0.25, -0.2) is 0 Å². The number of aliphatic imine (C=N–C) groups is 1. The molecule has 0 radical (unpaired) electrons. The fourth-order valence-corrected chi connectivity index (χ4v) is 2.82. The van der Waals surface area contributed by atoms with E-state index in [-0.39, 0.29) is 8.96 Å². The molecule has 1 aliphatic rings. The summed E-state index contributed by atoms with van der Waals surface area (Å²) in [7, 11) is 0. The van der Waals surface area contributed by atoms with Crippen LogP contribution in [0.3, 0.4) is 0 Å². The zero-order valence-electron chi connectivity index (χ0n) is 11.8. The van der Waals surface area contributed by atoms with Crippen LogP contribution in [0.25, 0.3) is 0 Å². The van der Waals surface area contributed by atoms with Crippen LogP contribution in [0.15, 0.2) is 28.8 Å². The third-order valence-electron chi connectivity index (χ3n) is 2.90. The van der Waals surface area contributed by atoms with Crippen LogP contribution in [0.5, 0.6) is 0 Å². The van der Waals surface area contributed by atoms with E-state index in [1.54, 1.807) is 0 Å². The Hall–Kier alpha value is -0.120. The number of alkyl halides is 1. The van der Waals surface area contributed by atoms with Crippen molar-refractivity contribution in [3.05, 3.63) is 23.8 Å². The van der Waals surface area contributed by atoms with E-state index in [2.05, 4.69) is 87.4 Å². The lowest BCUT2D eigenvalue weighted by Gasteiger charge is -2.33. The SMILES string of the molecule is CC(C)(C)CC(C)(C)C1=CC=NC(C)(I)C=C1. The van der Waals surface area contributed by atoms with Gasteiger partial charge in [0.15, 0.2) is 0 Å². The highest BCUT2D eigenvalue weighted by Gasteiger charge is 2.28. The van der Waals surface area contributed by atoms with Gasteiger partial charge in [0, 0.05) is 6.21 Å². The van der Waals surface area contributed by atoms with Crippen LogP contribution in [0.1, 0.15) is 48.0 Å². The number of halogens is 1. The first-order chi connectivity index (χ1) is 7.52. The summed E-state index contributed by atoms with van der Waals surface area (Å²) in [5.74, 6) is 0. The maximum absolute atomic E-state index is 4.51. The maximum atomic E-state index is 4.51. The highest BCUT2D eigenvalue weighted by Crippen LogP contribution is 2.40. The van der Waals surface area contributed by atoms with Gasteiger partial charge in [-0.1, -0.05) is 40.7 Å². The minimum Gasteiger partial charge on any atom is -0.272 e. The molecule has 1 nitrogen and oxygen atoms in total. The number of allylic oxidation sites excluding steroid dienone is 3. The van der Waals surface area contributed by atoms with Crippen molar-refractivity contribution in [1.82, 2.24) is 0 Å². The van der Waals surface area contributed by atoms with Crippen molar-refractivity contribution in [2.24, 2.45) is 15.8 Å². The van der Waals surface area contributed by atoms with Crippen LogP contribution in [-0.2, 0) is 0 Å².